The fourth-order valence-corrected chi connectivity index (χ4v) is 5.05. The summed E-state index contributed by atoms with van der Waals surface area (Å²) >= 11 is 1.82. The van der Waals surface area contributed by atoms with Gasteiger partial charge in [0.1, 0.15) is 6.33 Å². The van der Waals surface area contributed by atoms with E-state index >= 15 is 0 Å². The van der Waals surface area contributed by atoms with Gasteiger partial charge in [-0.25, -0.2) is 9.97 Å². The Hall–Kier alpha value is -3.63. The Kier molecular flexibility index (Phi) is 4.03. The van der Waals surface area contributed by atoms with Crippen LogP contribution in [0.25, 0.3) is 22.2 Å². The maximum absolute atomic E-state index is 4.59. The minimum absolute atomic E-state index is 0.939. The summed E-state index contributed by atoms with van der Waals surface area (Å²) in [5.74, 6) is 0. The molecule has 0 saturated heterocycles. The van der Waals surface area contributed by atoms with Gasteiger partial charge < -0.3 is 4.90 Å². The third kappa shape index (κ3) is 2.77. The first-order valence-electron chi connectivity index (χ1n) is 9.85. The van der Waals surface area contributed by atoms with E-state index in [2.05, 4.69) is 93.7 Å². The normalized spacial score (nSPS) is 12.5. The summed E-state index contributed by atoms with van der Waals surface area (Å²) in [5, 5.41) is 1.06. The molecular weight excluding hydrogens is 386 g/mol. The second-order valence-electron chi connectivity index (χ2n) is 7.16. The molecule has 3 nitrogen and oxygen atoms in total. The smallest absolute Gasteiger partial charge is 0.116 e. The third-order valence-corrected chi connectivity index (χ3v) is 6.49. The van der Waals surface area contributed by atoms with E-state index in [-0.39, 0.29) is 0 Å². The number of anilines is 3. The van der Waals surface area contributed by atoms with Crippen molar-refractivity contribution < 1.29 is 0 Å². The molecular formula is C26H17N3S. The first kappa shape index (κ1) is 17.2. The predicted molar refractivity (Wildman–Crippen MR) is 124 cm³/mol. The molecule has 0 radical (unpaired) electrons. The highest BCUT2D eigenvalue weighted by Crippen LogP contribution is 2.51. The summed E-state index contributed by atoms with van der Waals surface area (Å²) in [4.78, 5) is 14.0. The molecule has 2 heterocycles. The molecule has 142 valence electrons. The second-order valence-corrected chi connectivity index (χ2v) is 8.25. The Balaban J connectivity index is 1.55. The van der Waals surface area contributed by atoms with Gasteiger partial charge in [-0.3, -0.25) is 0 Å². The zero-order valence-corrected chi connectivity index (χ0v) is 16.9. The van der Waals surface area contributed by atoms with Crippen LogP contribution in [0.3, 0.4) is 0 Å². The van der Waals surface area contributed by atoms with Crippen LogP contribution in [0.1, 0.15) is 0 Å². The predicted octanol–water partition coefficient (Wildman–Crippen LogP) is 7.23. The molecule has 0 spiro atoms. The van der Waals surface area contributed by atoms with Gasteiger partial charge in [0.05, 0.1) is 22.6 Å². The topological polar surface area (TPSA) is 29.0 Å². The molecule has 30 heavy (non-hydrogen) atoms. The molecule has 0 atom stereocenters. The number of rotatable bonds is 2. The van der Waals surface area contributed by atoms with Gasteiger partial charge in [0.25, 0.3) is 0 Å². The van der Waals surface area contributed by atoms with Crippen LogP contribution in [0.2, 0.25) is 0 Å². The van der Waals surface area contributed by atoms with Crippen molar-refractivity contribution in [2.45, 2.75) is 9.79 Å². The minimum atomic E-state index is 0.939. The molecule has 1 aliphatic heterocycles. The van der Waals surface area contributed by atoms with Crippen molar-refractivity contribution in [2.24, 2.45) is 0 Å². The average Bonchev–Trinajstić information content (AvgIpc) is 2.82. The van der Waals surface area contributed by atoms with E-state index in [4.69, 9.17) is 0 Å². The maximum Gasteiger partial charge on any atom is 0.116 e. The number of hydrogen-bond donors (Lipinski definition) is 0. The van der Waals surface area contributed by atoms with Gasteiger partial charge in [0.2, 0.25) is 0 Å². The molecule has 0 saturated carbocycles. The Bertz CT molecular complexity index is 1340. The maximum atomic E-state index is 4.59. The quantitative estimate of drug-likeness (QED) is 0.305. The molecule has 1 aliphatic rings. The number of para-hydroxylation sites is 2. The molecule has 4 heteroatoms. The molecule has 5 aromatic rings. The lowest BCUT2D eigenvalue weighted by Crippen LogP contribution is -2.14. The van der Waals surface area contributed by atoms with Crippen LogP contribution in [0.15, 0.2) is 113 Å². The summed E-state index contributed by atoms with van der Waals surface area (Å²) < 4.78 is 0. The molecule has 0 amide bonds. The van der Waals surface area contributed by atoms with E-state index in [1.807, 2.05) is 30.0 Å². The number of fused-ring (bicyclic) bond motifs is 3. The fourth-order valence-electron chi connectivity index (χ4n) is 3.99. The Morgan fingerprint density at radius 2 is 1.30 bits per heavy atom. The highest BCUT2D eigenvalue weighted by molar-refractivity contribution is 7.99. The molecule has 4 aromatic carbocycles. The molecule has 0 bridgehead atoms. The Morgan fingerprint density at radius 3 is 2.03 bits per heavy atom. The van der Waals surface area contributed by atoms with E-state index in [0.717, 1.165) is 27.8 Å². The van der Waals surface area contributed by atoms with E-state index < -0.39 is 0 Å². The Labute approximate surface area is 179 Å². The van der Waals surface area contributed by atoms with Crippen molar-refractivity contribution in [2.75, 3.05) is 4.90 Å². The number of benzene rings is 4. The van der Waals surface area contributed by atoms with E-state index in [1.54, 1.807) is 6.33 Å². The van der Waals surface area contributed by atoms with Crippen molar-refractivity contribution >= 4 is 39.7 Å². The zero-order chi connectivity index (χ0) is 19.9. The molecule has 1 aromatic heterocycles. The molecule has 0 fully saturated rings. The Morgan fingerprint density at radius 1 is 0.633 bits per heavy atom. The lowest BCUT2D eigenvalue weighted by molar-refractivity contribution is 1.16. The molecule has 0 aliphatic carbocycles. The van der Waals surface area contributed by atoms with Crippen molar-refractivity contribution in [3.05, 3.63) is 103 Å². The van der Waals surface area contributed by atoms with Crippen LogP contribution in [0.5, 0.6) is 0 Å². The van der Waals surface area contributed by atoms with E-state index in [9.17, 15) is 0 Å². The lowest BCUT2D eigenvalue weighted by atomic mass is 10.1. The SMILES string of the molecule is c1ccc(-c2ncnc3cc(N4c5ccccc5Sc5ccccc54)ccc23)cc1. The summed E-state index contributed by atoms with van der Waals surface area (Å²) in [5.41, 5.74) is 6.48. The van der Waals surface area contributed by atoms with Gasteiger partial charge in [-0.2, -0.15) is 0 Å². The monoisotopic (exact) mass is 403 g/mol. The largest absolute Gasteiger partial charge is 0.308 e. The molecule has 6 rings (SSSR count). The highest BCUT2D eigenvalue weighted by Gasteiger charge is 2.24. The van der Waals surface area contributed by atoms with E-state index in [0.29, 0.717) is 0 Å². The zero-order valence-electron chi connectivity index (χ0n) is 16.1. The molecule has 0 N–H and O–H groups in total. The second kappa shape index (κ2) is 7.01. The lowest BCUT2D eigenvalue weighted by Gasteiger charge is -2.32. The average molecular weight is 404 g/mol. The van der Waals surface area contributed by atoms with Gasteiger partial charge in [-0.1, -0.05) is 66.4 Å². The summed E-state index contributed by atoms with van der Waals surface area (Å²) in [6.07, 6.45) is 1.66. The van der Waals surface area contributed by atoms with Crippen LogP contribution < -0.4 is 4.90 Å². The van der Waals surface area contributed by atoms with Crippen molar-refractivity contribution in [1.29, 1.82) is 0 Å². The standard InChI is InChI=1S/C26H17N3S/c1-2-8-18(9-3-1)26-20-15-14-19(16-21(20)27-17-28-26)29-22-10-4-6-12-24(22)30-25-13-7-5-11-23(25)29/h1-17H. The van der Waals surface area contributed by atoms with Gasteiger partial charge in [0, 0.05) is 26.4 Å². The number of nitrogens with zero attached hydrogens (tertiary/aromatic N) is 3. The summed E-state index contributed by atoms with van der Waals surface area (Å²) in [6, 6.07) is 33.8. The van der Waals surface area contributed by atoms with Crippen LogP contribution in [0.4, 0.5) is 17.1 Å². The van der Waals surface area contributed by atoms with Gasteiger partial charge >= 0.3 is 0 Å². The van der Waals surface area contributed by atoms with Gasteiger partial charge in [-0.05, 0) is 42.5 Å². The van der Waals surface area contributed by atoms with Crippen molar-refractivity contribution in [3.8, 4) is 11.3 Å². The van der Waals surface area contributed by atoms with Gasteiger partial charge in [0.15, 0.2) is 0 Å². The first-order chi connectivity index (χ1) is 14.9. The third-order valence-electron chi connectivity index (χ3n) is 5.36. The van der Waals surface area contributed by atoms with Gasteiger partial charge in [-0.15, -0.1) is 0 Å². The highest BCUT2D eigenvalue weighted by atomic mass is 32.2. The van der Waals surface area contributed by atoms with E-state index in [1.165, 1.54) is 21.2 Å². The van der Waals surface area contributed by atoms with Crippen LogP contribution in [0, 0.1) is 0 Å². The van der Waals surface area contributed by atoms with Crippen LogP contribution >= 0.6 is 11.8 Å². The number of aromatic nitrogens is 2. The first-order valence-corrected chi connectivity index (χ1v) is 10.7. The van der Waals surface area contributed by atoms with Crippen molar-refractivity contribution in [3.63, 3.8) is 0 Å². The van der Waals surface area contributed by atoms with Crippen molar-refractivity contribution in [1.82, 2.24) is 9.97 Å². The van der Waals surface area contributed by atoms with Crippen LogP contribution in [-0.4, -0.2) is 9.97 Å². The fraction of sp³-hybridized carbons (Fsp3) is 0. The summed E-state index contributed by atoms with van der Waals surface area (Å²) in [6.45, 7) is 0. The molecule has 0 unspecified atom stereocenters. The number of hydrogen-bond acceptors (Lipinski definition) is 4. The minimum Gasteiger partial charge on any atom is -0.308 e. The summed E-state index contributed by atoms with van der Waals surface area (Å²) in [7, 11) is 0. The van der Waals surface area contributed by atoms with Crippen LogP contribution in [-0.2, 0) is 0 Å².